The minimum atomic E-state index is -4.07. The fourth-order valence-corrected chi connectivity index (χ4v) is 3.33. The Hall–Kier alpha value is -2.45. The van der Waals surface area contributed by atoms with E-state index >= 15 is 0 Å². The lowest BCUT2D eigenvalue weighted by atomic mass is 10.1. The molecular formula is C22H30N3O4S+. The van der Waals surface area contributed by atoms with Crippen LogP contribution in [0, 0.1) is 0 Å². The van der Waals surface area contributed by atoms with Gasteiger partial charge in [0.05, 0.1) is 34.6 Å². The number of hydrogen-bond acceptors (Lipinski definition) is 7. The summed E-state index contributed by atoms with van der Waals surface area (Å²) in [6, 6.07) is 8.30. The maximum Gasteiger partial charge on any atom is 0.518 e. The van der Waals surface area contributed by atoms with Crippen LogP contribution in [0.4, 0.5) is 4.79 Å². The van der Waals surface area contributed by atoms with Crippen molar-refractivity contribution in [2.75, 3.05) is 33.4 Å². The number of hydrogen-bond donors (Lipinski definition) is 0. The number of ether oxygens (including phenoxy) is 3. The third kappa shape index (κ3) is 6.53. The number of nitrogens with zero attached hydrogens (tertiary/aromatic N) is 3. The van der Waals surface area contributed by atoms with Crippen LogP contribution in [-0.4, -0.2) is 52.8 Å². The summed E-state index contributed by atoms with van der Waals surface area (Å²) in [7, 11) is 1.77. The van der Waals surface area contributed by atoms with Crippen molar-refractivity contribution < 1.29 is 41.3 Å². The molecule has 0 N–H and O–H groups in total. The lowest BCUT2D eigenvalue weighted by Gasteiger charge is -2.36. The van der Waals surface area contributed by atoms with Crippen molar-refractivity contribution in [1.29, 1.82) is 0 Å². The molecule has 162 valence electrons. The molecule has 1 unspecified atom stereocenters. The van der Waals surface area contributed by atoms with Crippen LogP contribution in [0.25, 0.3) is 5.57 Å². The third-order valence-electron chi connectivity index (χ3n) is 4.20. The van der Waals surface area contributed by atoms with E-state index in [-0.39, 0.29) is 23.5 Å². The van der Waals surface area contributed by atoms with Crippen LogP contribution < -0.4 is 9.47 Å². The molecule has 0 bridgehead atoms. The SMILES string of the molecule is [2H]C([2H])([2H])C([2H])([2H])C([2H])([2H])C([2H])([2H])C([2H])([2H])C([2H])([2H])Oc1nsnc1C1=CCC[N+](C)(COC(=O)Oc2ccccc2)C1. The molecule has 2 aromatic rings. The average molecular weight is 446 g/mol. The van der Waals surface area contributed by atoms with Gasteiger partial charge < -0.3 is 14.2 Å². The Balaban J connectivity index is 1.79. The number of para-hydroxylation sites is 1. The van der Waals surface area contributed by atoms with Gasteiger partial charge >= 0.3 is 6.16 Å². The monoisotopic (exact) mass is 445 g/mol. The summed E-state index contributed by atoms with van der Waals surface area (Å²) in [6.45, 7) is -6.81. The first-order valence-electron chi connectivity index (χ1n) is 15.4. The van der Waals surface area contributed by atoms with E-state index in [1.54, 1.807) is 43.5 Å². The van der Waals surface area contributed by atoms with E-state index in [1.807, 2.05) is 0 Å². The van der Waals surface area contributed by atoms with Crippen molar-refractivity contribution >= 4 is 23.5 Å². The van der Waals surface area contributed by atoms with E-state index in [1.165, 1.54) is 0 Å². The lowest BCUT2D eigenvalue weighted by Crippen LogP contribution is -2.49. The molecule has 0 fully saturated rings. The van der Waals surface area contributed by atoms with E-state index in [0.717, 1.165) is 0 Å². The Bertz CT molecular complexity index is 1340. The Morgan fingerprint density at radius 2 is 2.13 bits per heavy atom. The Kier molecular flexibility index (Phi) is 3.96. The number of aromatic nitrogens is 2. The quantitative estimate of drug-likeness (QED) is 0.294. The second-order valence-corrected chi connectivity index (χ2v) is 7.11. The molecule has 1 aromatic heterocycles. The smallest absolute Gasteiger partial charge is 0.475 e. The maximum atomic E-state index is 12.2. The molecule has 1 aromatic carbocycles. The van der Waals surface area contributed by atoms with Gasteiger partial charge in [-0.05, 0) is 18.5 Å². The van der Waals surface area contributed by atoms with E-state index in [4.69, 9.17) is 32.0 Å². The summed E-state index contributed by atoms with van der Waals surface area (Å²) in [4.78, 5) is 12.2. The molecule has 0 radical (unpaired) electrons. The van der Waals surface area contributed by atoms with Gasteiger partial charge in [0.1, 0.15) is 18.0 Å². The summed E-state index contributed by atoms with van der Waals surface area (Å²) >= 11 is 0.582. The highest BCUT2D eigenvalue weighted by Gasteiger charge is 2.31. The van der Waals surface area contributed by atoms with Gasteiger partial charge in [-0.2, -0.15) is 4.37 Å². The van der Waals surface area contributed by atoms with Gasteiger partial charge in [0.25, 0.3) is 5.88 Å². The van der Waals surface area contributed by atoms with Crippen molar-refractivity contribution in [1.82, 2.24) is 8.75 Å². The van der Waals surface area contributed by atoms with E-state index in [9.17, 15) is 4.79 Å². The molecule has 30 heavy (non-hydrogen) atoms. The normalized spacial score (nSPS) is 27.8. The third-order valence-corrected chi connectivity index (χ3v) is 4.71. The first kappa shape index (κ1) is 10.7. The van der Waals surface area contributed by atoms with Crippen LogP contribution in [0.1, 0.15) is 62.3 Å². The van der Waals surface area contributed by atoms with Crippen molar-refractivity contribution in [3.05, 3.63) is 42.1 Å². The largest absolute Gasteiger partial charge is 0.518 e. The lowest BCUT2D eigenvalue weighted by molar-refractivity contribution is -0.919. The molecule has 0 saturated heterocycles. The number of carbonyl (C=O) groups is 1. The van der Waals surface area contributed by atoms with Crippen LogP contribution in [0.15, 0.2) is 36.4 Å². The molecule has 0 amide bonds. The molecule has 0 aliphatic carbocycles. The second-order valence-electron chi connectivity index (χ2n) is 6.58. The molecule has 8 heteroatoms. The highest BCUT2D eigenvalue weighted by Crippen LogP contribution is 2.30. The molecule has 0 saturated carbocycles. The van der Waals surface area contributed by atoms with Gasteiger partial charge in [0, 0.05) is 27.1 Å². The molecule has 0 spiro atoms. The molecule has 2 heterocycles. The molecule has 1 aliphatic rings. The predicted octanol–water partition coefficient (Wildman–Crippen LogP) is 4.90. The number of likely N-dealkylation sites (N-methyl/N-ethyl adjacent to an activating group) is 1. The van der Waals surface area contributed by atoms with Gasteiger partial charge in [-0.15, -0.1) is 4.37 Å². The molecular weight excluding hydrogens is 402 g/mol. The fourth-order valence-electron chi connectivity index (χ4n) is 2.82. The molecule has 3 rings (SSSR count). The van der Waals surface area contributed by atoms with Crippen LogP contribution in [0.5, 0.6) is 11.6 Å². The topological polar surface area (TPSA) is 70.5 Å². The van der Waals surface area contributed by atoms with Gasteiger partial charge in [-0.25, -0.2) is 4.79 Å². The molecule has 1 atom stereocenters. The Morgan fingerprint density at radius 3 is 2.97 bits per heavy atom. The van der Waals surface area contributed by atoms with E-state index in [2.05, 4.69) is 8.75 Å². The van der Waals surface area contributed by atoms with Gasteiger partial charge in [0.15, 0.2) is 0 Å². The van der Waals surface area contributed by atoms with Crippen LogP contribution in [0.2, 0.25) is 0 Å². The van der Waals surface area contributed by atoms with Crippen molar-refractivity contribution in [2.24, 2.45) is 0 Å². The van der Waals surface area contributed by atoms with E-state index in [0.29, 0.717) is 36.0 Å². The minimum absolute atomic E-state index is 0.0121. The minimum Gasteiger partial charge on any atom is -0.475 e. The van der Waals surface area contributed by atoms with E-state index < -0.39 is 50.9 Å². The molecule has 1 aliphatic heterocycles. The molecule has 7 nitrogen and oxygen atoms in total. The number of quaternary nitrogens is 1. The van der Waals surface area contributed by atoms with Crippen molar-refractivity contribution in [3.63, 3.8) is 0 Å². The van der Waals surface area contributed by atoms with Crippen LogP contribution in [-0.2, 0) is 4.74 Å². The summed E-state index contributed by atoms with van der Waals surface area (Å²) < 4.78 is 126. The van der Waals surface area contributed by atoms with Crippen LogP contribution >= 0.6 is 11.7 Å². The van der Waals surface area contributed by atoms with Crippen molar-refractivity contribution in [3.8, 4) is 11.6 Å². The number of benzene rings is 1. The first-order chi connectivity index (χ1) is 19.5. The number of carbonyl (C=O) groups excluding carboxylic acids is 1. The van der Waals surface area contributed by atoms with Crippen molar-refractivity contribution in [2.45, 2.75) is 38.8 Å². The summed E-state index contributed by atoms with van der Waals surface area (Å²) in [5.74, 6) is -0.246. The second kappa shape index (κ2) is 11.1. The Morgan fingerprint density at radius 1 is 1.27 bits per heavy atom. The predicted molar refractivity (Wildman–Crippen MR) is 116 cm³/mol. The van der Waals surface area contributed by atoms with Gasteiger partial charge in [0.2, 0.25) is 6.73 Å². The summed E-state index contributed by atoms with van der Waals surface area (Å²) in [6.07, 6.45) is -14.7. The maximum absolute atomic E-state index is 12.2. The number of rotatable bonds is 10. The summed E-state index contributed by atoms with van der Waals surface area (Å²) in [5.41, 5.74) is 0.452. The summed E-state index contributed by atoms with van der Waals surface area (Å²) in [5, 5.41) is 0. The zero-order valence-corrected chi connectivity index (χ0v) is 17.0. The standard InChI is InChI=1S/C22H30N3O4S/c1-3-4-5-9-15-27-21-20(23-30-24-21)18-11-10-14-25(2,16-18)17-28-22(26)29-19-12-7-6-8-13-19/h6-8,11-13H,3-5,9-10,14-17H2,1-2H3/q+1/i1D3,3D2,4D2,5D2,9D2,15D2. The van der Waals surface area contributed by atoms with Gasteiger partial charge in [-0.3, -0.25) is 4.48 Å². The highest BCUT2D eigenvalue weighted by atomic mass is 32.1. The zero-order chi connectivity index (χ0) is 32.7. The van der Waals surface area contributed by atoms with Crippen LogP contribution in [0.3, 0.4) is 0 Å². The van der Waals surface area contributed by atoms with Gasteiger partial charge in [-0.1, -0.05) is 50.2 Å². The first-order valence-corrected chi connectivity index (χ1v) is 9.66. The highest BCUT2D eigenvalue weighted by molar-refractivity contribution is 6.99. The average Bonchev–Trinajstić information content (AvgIpc) is 3.34. The zero-order valence-electron chi connectivity index (χ0n) is 29.2. The Labute approximate surface area is 200 Å². The fraction of sp³-hybridized carbons (Fsp3) is 0.500.